The molecule has 3 aromatic heterocycles. The molecule has 0 spiro atoms. The van der Waals surface area contributed by atoms with E-state index in [2.05, 4.69) is 151 Å². The normalized spacial score (nSPS) is 13.0. The van der Waals surface area contributed by atoms with Crippen molar-refractivity contribution in [1.82, 2.24) is 14.5 Å². The number of fused-ring (bicyclic) bond motifs is 7. The Morgan fingerprint density at radius 1 is 0.694 bits per heavy atom. The van der Waals surface area contributed by atoms with Gasteiger partial charge < -0.3 is 8.98 Å². The van der Waals surface area contributed by atoms with Crippen molar-refractivity contribution in [3.05, 3.63) is 114 Å². The third-order valence-electron chi connectivity index (χ3n) is 10.4. The van der Waals surface area contributed by atoms with E-state index in [1.165, 1.54) is 38.4 Å². The summed E-state index contributed by atoms with van der Waals surface area (Å²) in [6.07, 6.45) is 0. The number of hydrogen-bond acceptors (Lipinski definition) is 3. The predicted molar refractivity (Wildman–Crippen MR) is 201 cm³/mol. The molecule has 0 amide bonds. The van der Waals surface area contributed by atoms with Gasteiger partial charge in [-0.1, -0.05) is 121 Å². The molecule has 0 aliphatic rings. The molecule has 8 rings (SSSR count). The number of hydrogen-bond donors (Lipinski definition) is 0. The minimum Gasteiger partial charge on any atom is -0.486 e. The van der Waals surface area contributed by atoms with Crippen LogP contribution in [0.5, 0.6) is 0 Å². The van der Waals surface area contributed by atoms with Crippen LogP contribution in [-0.2, 0) is 20.1 Å². The summed E-state index contributed by atoms with van der Waals surface area (Å²) in [5.74, 6) is 1.73. The maximum atomic E-state index is 6.73. The first-order chi connectivity index (χ1) is 23.0. The van der Waals surface area contributed by atoms with Crippen LogP contribution in [0.1, 0.15) is 90.0 Å². The number of rotatable bonds is 5. The van der Waals surface area contributed by atoms with E-state index >= 15 is 0 Å². The fourth-order valence-corrected chi connectivity index (χ4v) is 7.31. The van der Waals surface area contributed by atoms with E-state index in [0.717, 1.165) is 44.5 Å². The van der Waals surface area contributed by atoms with Crippen molar-refractivity contribution in [2.24, 2.45) is 5.41 Å². The van der Waals surface area contributed by atoms with Gasteiger partial charge in [-0.3, -0.25) is 4.98 Å². The van der Waals surface area contributed by atoms with Crippen LogP contribution in [0.2, 0.25) is 0 Å². The summed E-state index contributed by atoms with van der Waals surface area (Å²) in [4.78, 5) is 10.5. The average molecular weight is 821 g/mol. The minimum absolute atomic E-state index is 0. The van der Waals surface area contributed by atoms with Gasteiger partial charge in [0.15, 0.2) is 0 Å². The molecule has 0 bridgehead atoms. The molecule has 8 aromatic rings. The summed E-state index contributed by atoms with van der Waals surface area (Å²) in [5, 5.41) is 7.01. The number of benzene rings is 5. The van der Waals surface area contributed by atoms with E-state index in [4.69, 9.17) is 14.4 Å². The van der Waals surface area contributed by atoms with Gasteiger partial charge in [0, 0.05) is 42.5 Å². The molecule has 1 atom stereocenters. The molecular formula is C44H42IrN3O-. The van der Waals surface area contributed by atoms with Crippen molar-refractivity contribution in [3.8, 4) is 17.1 Å². The Bertz CT molecular complexity index is 2530. The summed E-state index contributed by atoms with van der Waals surface area (Å²) in [6, 6.07) is 36.3. The van der Waals surface area contributed by atoms with Gasteiger partial charge in [0.05, 0.1) is 28.1 Å². The van der Waals surface area contributed by atoms with Crippen molar-refractivity contribution in [3.63, 3.8) is 0 Å². The van der Waals surface area contributed by atoms with Gasteiger partial charge in [0.1, 0.15) is 0 Å². The predicted octanol–water partition coefficient (Wildman–Crippen LogP) is 12.5. The molecule has 0 saturated heterocycles. The van der Waals surface area contributed by atoms with Crippen molar-refractivity contribution < 1.29 is 24.5 Å². The number of nitrogens with zero attached hydrogens (tertiary/aromatic N) is 3. The quantitative estimate of drug-likeness (QED) is 0.128. The molecule has 1 radical (unpaired) electrons. The van der Waals surface area contributed by atoms with Crippen LogP contribution in [0.15, 0.2) is 95.4 Å². The Hall–Kier alpha value is -4.31. The first-order valence-corrected chi connectivity index (χ1v) is 17.2. The van der Waals surface area contributed by atoms with E-state index in [1.807, 2.05) is 6.07 Å². The van der Waals surface area contributed by atoms with E-state index in [-0.39, 0.29) is 37.4 Å². The van der Waals surface area contributed by atoms with Gasteiger partial charge in [-0.05, 0) is 68.8 Å². The average Bonchev–Trinajstić information content (AvgIpc) is 3.64. The van der Waals surface area contributed by atoms with Crippen molar-refractivity contribution in [1.29, 1.82) is 0 Å². The monoisotopic (exact) mass is 821 g/mol. The molecule has 0 fully saturated rings. The Morgan fingerprint density at radius 2 is 1.37 bits per heavy atom. The van der Waals surface area contributed by atoms with Crippen molar-refractivity contribution >= 4 is 54.6 Å². The molecule has 249 valence electrons. The zero-order chi connectivity index (χ0) is 33.5. The molecule has 0 aliphatic carbocycles. The molecular weight excluding hydrogens is 779 g/mol. The van der Waals surface area contributed by atoms with Crippen LogP contribution in [0.25, 0.3) is 71.7 Å². The first kappa shape index (κ1) is 33.2. The Balaban J connectivity index is 0.00000378. The summed E-state index contributed by atoms with van der Waals surface area (Å²) in [7, 11) is 0. The molecule has 0 saturated carbocycles. The minimum atomic E-state index is 0. The zero-order valence-electron chi connectivity index (χ0n) is 29.5. The molecule has 1 unspecified atom stereocenters. The molecule has 0 N–H and O–H groups in total. The maximum absolute atomic E-state index is 6.73. The number of aromatic nitrogens is 3. The van der Waals surface area contributed by atoms with Crippen LogP contribution in [0.3, 0.4) is 0 Å². The van der Waals surface area contributed by atoms with E-state index in [0.29, 0.717) is 11.6 Å². The molecule has 5 aromatic carbocycles. The van der Waals surface area contributed by atoms with Crippen LogP contribution in [-0.4, -0.2) is 14.5 Å². The molecule has 49 heavy (non-hydrogen) atoms. The summed E-state index contributed by atoms with van der Waals surface area (Å²) in [5.41, 5.74) is 9.16. The molecule has 0 aliphatic heterocycles. The standard InChI is InChI=1S/C44H42N3O.Ir/c1-25(2)28-20-22-37-38(24-28)47(40-32-17-12-10-15-30(32)29-14-9-11-16-31(29)39(40)26(3)4)42(45-37)35-19-13-18-33-34-21-23-36(27(5)44(6,7)8)46-43(34)48-41(33)35;/h9-18,20-27H,1-8H3;/q-1;. The largest absolute Gasteiger partial charge is 0.486 e. The van der Waals surface area contributed by atoms with Crippen molar-refractivity contribution in [2.75, 3.05) is 0 Å². The smallest absolute Gasteiger partial charge is 0.216 e. The second kappa shape index (κ2) is 12.2. The van der Waals surface area contributed by atoms with E-state index in [1.54, 1.807) is 0 Å². The number of imidazole rings is 1. The second-order valence-electron chi connectivity index (χ2n) is 15.1. The summed E-state index contributed by atoms with van der Waals surface area (Å²) in [6.45, 7) is 18.1. The van der Waals surface area contributed by atoms with E-state index in [9.17, 15) is 0 Å². The Morgan fingerprint density at radius 3 is 2.04 bits per heavy atom. The molecule has 4 nitrogen and oxygen atoms in total. The summed E-state index contributed by atoms with van der Waals surface area (Å²) >= 11 is 0. The number of pyridine rings is 1. The third kappa shape index (κ3) is 5.30. The zero-order valence-corrected chi connectivity index (χ0v) is 31.9. The van der Waals surface area contributed by atoms with Crippen molar-refractivity contribution in [2.45, 2.75) is 73.1 Å². The maximum Gasteiger partial charge on any atom is 0.216 e. The van der Waals surface area contributed by atoms with Gasteiger partial charge in [0.2, 0.25) is 5.71 Å². The van der Waals surface area contributed by atoms with Gasteiger partial charge in [-0.15, -0.1) is 18.2 Å². The van der Waals surface area contributed by atoms with E-state index < -0.39 is 0 Å². The fourth-order valence-electron chi connectivity index (χ4n) is 7.31. The topological polar surface area (TPSA) is 43.9 Å². The van der Waals surface area contributed by atoms with Crippen LogP contribution >= 0.6 is 0 Å². The Kier molecular flexibility index (Phi) is 8.29. The number of furan rings is 1. The second-order valence-corrected chi connectivity index (χ2v) is 15.1. The Labute approximate surface area is 301 Å². The molecule has 5 heteroatoms. The van der Waals surface area contributed by atoms with Gasteiger partial charge in [0.25, 0.3) is 0 Å². The van der Waals surface area contributed by atoms with Gasteiger partial charge >= 0.3 is 0 Å². The third-order valence-corrected chi connectivity index (χ3v) is 10.4. The van der Waals surface area contributed by atoms with Gasteiger partial charge in [-0.2, -0.15) is 0 Å². The molecule has 3 heterocycles. The summed E-state index contributed by atoms with van der Waals surface area (Å²) < 4.78 is 9.12. The van der Waals surface area contributed by atoms with Crippen LogP contribution in [0, 0.1) is 11.5 Å². The van der Waals surface area contributed by atoms with Crippen LogP contribution in [0.4, 0.5) is 0 Å². The van der Waals surface area contributed by atoms with Crippen LogP contribution < -0.4 is 0 Å². The fraction of sp³-hybridized carbons (Fsp3) is 0.273. The first-order valence-electron chi connectivity index (χ1n) is 17.2. The van der Waals surface area contributed by atoms with Gasteiger partial charge in [-0.25, -0.2) is 4.98 Å². The SMILES string of the molecule is CC(C)c1ccc2nc(-c3[c-]ccc4c3oc3nc(C(C)C(C)(C)C)ccc34)n(-c3c(C(C)C)c4ccccc4c4ccccc34)c2c1.[Ir].